The molecule has 19 heavy (non-hydrogen) atoms. The van der Waals surface area contributed by atoms with E-state index in [1.807, 2.05) is 13.8 Å². The van der Waals surface area contributed by atoms with Gasteiger partial charge in [0.2, 0.25) is 0 Å². The Kier molecular flexibility index (Phi) is 6.08. The van der Waals surface area contributed by atoms with Gasteiger partial charge in [0, 0.05) is 6.61 Å². The largest absolute Gasteiger partial charge is 0.508 e. The number of hydrogen-bond acceptors (Lipinski definition) is 6. The van der Waals surface area contributed by atoms with Crippen LogP contribution < -0.4 is 0 Å². The molecule has 0 aromatic rings. The molecule has 6 nitrogen and oxygen atoms in total. The molecule has 0 bridgehead atoms. The molecule has 2 rings (SSSR count). The molecule has 0 amide bonds. The fourth-order valence-electron chi connectivity index (χ4n) is 1.76. The van der Waals surface area contributed by atoms with Crippen molar-refractivity contribution >= 4 is 12.1 Å². The number of cyclic esters (lactones) is 2. The Hall–Kier alpha value is -1.30. The number of carbonyl (C=O) groups excluding carboxylic acids is 2. The molecule has 110 valence electrons. The van der Waals surface area contributed by atoms with Crippen LogP contribution in [0, 0.1) is 5.41 Å². The van der Waals surface area contributed by atoms with Crippen molar-refractivity contribution in [3.8, 4) is 0 Å². The van der Waals surface area contributed by atoms with E-state index in [9.17, 15) is 9.59 Å². The Morgan fingerprint density at radius 2 is 2.00 bits per heavy atom. The second kappa shape index (κ2) is 7.33. The smallest absolute Gasteiger partial charge is 0.462 e. The molecule has 1 atom stereocenters. The third kappa shape index (κ3) is 4.38. The van der Waals surface area contributed by atoms with Crippen molar-refractivity contribution in [3.63, 3.8) is 0 Å². The number of ether oxygens (including phenoxy) is 4. The SMILES string of the molecule is CC.CC1(C(=O)OCC2CCCO2)COC(=O)OC1. The monoisotopic (exact) mass is 274 g/mol. The molecular weight excluding hydrogens is 252 g/mol. The fraction of sp³-hybridized carbons (Fsp3) is 0.846. The maximum absolute atomic E-state index is 11.8. The summed E-state index contributed by atoms with van der Waals surface area (Å²) >= 11 is 0. The average Bonchev–Trinajstić information content (AvgIpc) is 2.95. The first-order valence-corrected chi connectivity index (χ1v) is 6.68. The van der Waals surface area contributed by atoms with Gasteiger partial charge >= 0.3 is 12.1 Å². The molecule has 2 aliphatic rings. The zero-order chi connectivity index (χ0) is 14.3. The van der Waals surface area contributed by atoms with Crippen LogP contribution in [0.25, 0.3) is 0 Å². The average molecular weight is 274 g/mol. The summed E-state index contributed by atoms with van der Waals surface area (Å²) < 4.78 is 19.9. The van der Waals surface area contributed by atoms with Crippen LogP contribution in [-0.4, -0.2) is 44.7 Å². The van der Waals surface area contributed by atoms with Crippen molar-refractivity contribution in [1.82, 2.24) is 0 Å². The minimum atomic E-state index is -0.910. The third-order valence-corrected chi connectivity index (χ3v) is 2.93. The van der Waals surface area contributed by atoms with E-state index in [1.165, 1.54) is 0 Å². The van der Waals surface area contributed by atoms with Gasteiger partial charge in [0.25, 0.3) is 0 Å². The van der Waals surface area contributed by atoms with Crippen LogP contribution in [0.15, 0.2) is 0 Å². The number of hydrogen-bond donors (Lipinski definition) is 0. The van der Waals surface area contributed by atoms with Gasteiger partial charge in [0.15, 0.2) is 0 Å². The van der Waals surface area contributed by atoms with Crippen LogP contribution in [0.5, 0.6) is 0 Å². The van der Waals surface area contributed by atoms with Gasteiger partial charge in [-0.1, -0.05) is 13.8 Å². The third-order valence-electron chi connectivity index (χ3n) is 2.93. The normalized spacial score (nSPS) is 24.6. The van der Waals surface area contributed by atoms with Crippen molar-refractivity contribution in [2.75, 3.05) is 26.4 Å². The molecule has 2 heterocycles. The molecule has 0 aliphatic carbocycles. The highest BCUT2D eigenvalue weighted by molar-refractivity contribution is 5.78. The maximum Gasteiger partial charge on any atom is 0.508 e. The molecule has 0 spiro atoms. The maximum atomic E-state index is 11.8. The highest BCUT2D eigenvalue weighted by Crippen LogP contribution is 2.24. The fourth-order valence-corrected chi connectivity index (χ4v) is 1.76. The topological polar surface area (TPSA) is 71.1 Å². The summed E-state index contributed by atoms with van der Waals surface area (Å²) in [6.45, 7) is 6.62. The van der Waals surface area contributed by atoms with E-state index in [2.05, 4.69) is 0 Å². The number of carbonyl (C=O) groups is 2. The van der Waals surface area contributed by atoms with E-state index >= 15 is 0 Å². The van der Waals surface area contributed by atoms with Crippen molar-refractivity contribution < 1.29 is 28.5 Å². The van der Waals surface area contributed by atoms with E-state index in [1.54, 1.807) is 6.92 Å². The van der Waals surface area contributed by atoms with Crippen molar-refractivity contribution in [3.05, 3.63) is 0 Å². The minimum Gasteiger partial charge on any atom is -0.462 e. The lowest BCUT2D eigenvalue weighted by molar-refractivity contribution is -0.169. The van der Waals surface area contributed by atoms with Gasteiger partial charge < -0.3 is 18.9 Å². The van der Waals surface area contributed by atoms with Gasteiger partial charge in [0.1, 0.15) is 25.2 Å². The van der Waals surface area contributed by atoms with Gasteiger partial charge in [-0.2, -0.15) is 0 Å². The molecular formula is C13H22O6. The summed E-state index contributed by atoms with van der Waals surface area (Å²) in [5.41, 5.74) is -0.910. The van der Waals surface area contributed by atoms with E-state index in [-0.39, 0.29) is 25.9 Å². The first kappa shape index (κ1) is 15.8. The Morgan fingerprint density at radius 3 is 2.53 bits per heavy atom. The van der Waals surface area contributed by atoms with Gasteiger partial charge in [-0.05, 0) is 19.8 Å². The lowest BCUT2D eigenvalue weighted by atomic mass is 9.93. The van der Waals surface area contributed by atoms with Crippen LogP contribution in [0.2, 0.25) is 0 Å². The molecule has 0 N–H and O–H groups in total. The van der Waals surface area contributed by atoms with E-state index in [0.29, 0.717) is 0 Å². The summed E-state index contributed by atoms with van der Waals surface area (Å²) in [6.07, 6.45) is 1.17. The lowest BCUT2D eigenvalue weighted by Crippen LogP contribution is -2.44. The second-order valence-electron chi connectivity index (χ2n) is 4.62. The first-order chi connectivity index (χ1) is 9.10. The zero-order valence-electron chi connectivity index (χ0n) is 11.8. The summed E-state index contributed by atoms with van der Waals surface area (Å²) in [4.78, 5) is 22.6. The molecule has 0 radical (unpaired) electrons. The predicted molar refractivity (Wildman–Crippen MR) is 66.7 cm³/mol. The second-order valence-corrected chi connectivity index (χ2v) is 4.62. The van der Waals surface area contributed by atoms with Gasteiger partial charge in [-0.15, -0.1) is 0 Å². The van der Waals surface area contributed by atoms with Crippen LogP contribution in [0.3, 0.4) is 0 Å². The molecule has 2 fully saturated rings. The van der Waals surface area contributed by atoms with Crippen LogP contribution in [-0.2, 0) is 23.7 Å². The summed E-state index contributed by atoms with van der Waals surface area (Å²) in [7, 11) is 0. The van der Waals surface area contributed by atoms with Gasteiger partial charge in [-0.25, -0.2) is 4.79 Å². The Bertz CT molecular complexity index is 298. The van der Waals surface area contributed by atoms with Crippen LogP contribution in [0.1, 0.15) is 33.6 Å². The summed E-state index contributed by atoms with van der Waals surface area (Å²) in [5.74, 6) is -0.416. The van der Waals surface area contributed by atoms with Crippen molar-refractivity contribution in [2.24, 2.45) is 5.41 Å². The highest BCUT2D eigenvalue weighted by Gasteiger charge is 2.42. The number of esters is 1. The van der Waals surface area contributed by atoms with Crippen LogP contribution >= 0.6 is 0 Å². The lowest BCUT2D eigenvalue weighted by Gasteiger charge is -2.30. The Morgan fingerprint density at radius 1 is 1.37 bits per heavy atom. The molecule has 0 aromatic carbocycles. The molecule has 2 aliphatic heterocycles. The zero-order valence-corrected chi connectivity index (χ0v) is 11.8. The minimum absolute atomic E-state index is 0.00378. The molecule has 6 heteroatoms. The standard InChI is InChI=1S/C11H16O6.C2H6/c1-11(6-16-10(13)17-7-11)9(12)15-5-8-3-2-4-14-8;1-2/h8H,2-7H2,1H3;1-2H3. The van der Waals surface area contributed by atoms with Crippen LogP contribution in [0.4, 0.5) is 4.79 Å². The van der Waals surface area contributed by atoms with Crippen molar-refractivity contribution in [1.29, 1.82) is 0 Å². The van der Waals surface area contributed by atoms with E-state index in [0.717, 1.165) is 19.4 Å². The molecule has 0 saturated carbocycles. The molecule has 2 saturated heterocycles. The Balaban J connectivity index is 0.000000861. The van der Waals surface area contributed by atoms with E-state index in [4.69, 9.17) is 18.9 Å². The quantitative estimate of drug-likeness (QED) is 0.732. The Labute approximate surface area is 113 Å². The van der Waals surface area contributed by atoms with Gasteiger partial charge in [-0.3, -0.25) is 4.79 Å². The predicted octanol–water partition coefficient (Wildman–Crippen LogP) is 1.91. The van der Waals surface area contributed by atoms with Crippen molar-refractivity contribution in [2.45, 2.75) is 39.7 Å². The first-order valence-electron chi connectivity index (χ1n) is 6.68. The molecule has 1 unspecified atom stereocenters. The van der Waals surface area contributed by atoms with E-state index < -0.39 is 17.5 Å². The highest BCUT2D eigenvalue weighted by atomic mass is 16.7. The number of rotatable bonds is 3. The van der Waals surface area contributed by atoms with Gasteiger partial charge in [0.05, 0.1) is 6.10 Å². The summed E-state index contributed by atoms with van der Waals surface area (Å²) in [6, 6.07) is 0. The molecule has 0 aromatic heterocycles. The summed E-state index contributed by atoms with van der Waals surface area (Å²) in [5, 5.41) is 0.